The number of piperazine rings is 1. The Balaban J connectivity index is 1.34. The van der Waals surface area contributed by atoms with Crippen molar-refractivity contribution < 1.29 is 18.3 Å². The van der Waals surface area contributed by atoms with E-state index in [2.05, 4.69) is 11.8 Å². The normalized spacial score (nSPS) is 22.0. The maximum absolute atomic E-state index is 13.1. The standard InChI is InChI=1S/C28H26N2O4S/c31-19-26-28(24-15-13-22(14-16-24)12-11-21-7-3-1-4-8-21)25-17-29(18-27(32)30(25)26)35(33,34)20-23-9-5-2-6-10-23/h1-10,13-16,25-26,28,31H,17-20H2/t25-,26-,28-/m0/s1. The summed E-state index contributed by atoms with van der Waals surface area (Å²) in [5.41, 5.74) is 3.45. The number of amides is 1. The van der Waals surface area contributed by atoms with Gasteiger partial charge in [0.15, 0.2) is 0 Å². The topological polar surface area (TPSA) is 77.9 Å². The Labute approximate surface area is 205 Å². The Bertz CT molecular complexity index is 1360. The van der Waals surface area contributed by atoms with Crippen molar-refractivity contribution in [3.05, 3.63) is 107 Å². The first-order valence-corrected chi connectivity index (χ1v) is 13.2. The smallest absolute Gasteiger partial charge is 0.238 e. The van der Waals surface area contributed by atoms with E-state index in [1.165, 1.54) is 4.31 Å². The first-order chi connectivity index (χ1) is 17.0. The lowest BCUT2D eigenvalue weighted by molar-refractivity contribution is -0.158. The average molecular weight is 487 g/mol. The number of hydrogen-bond acceptors (Lipinski definition) is 4. The van der Waals surface area contributed by atoms with Gasteiger partial charge in [0.2, 0.25) is 15.9 Å². The fraction of sp³-hybridized carbons (Fsp3) is 0.250. The van der Waals surface area contributed by atoms with E-state index in [9.17, 15) is 18.3 Å². The summed E-state index contributed by atoms with van der Waals surface area (Å²) in [7, 11) is -3.66. The highest BCUT2D eigenvalue weighted by Gasteiger charge is 2.55. The molecule has 1 amide bonds. The van der Waals surface area contributed by atoms with Gasteiger partial charge >= 0.3 is 0 Å². The quantitative estimate of drug-likeness (QED) is 0.563. The predicted octanol–water partition coefficient (Wildman–Crippen LogP) is 2.59. The van der Waals surface area contributed by atoms with Crippen LogP contribution in [0.5, 0.6) is 0 Å². The van der Waals surface area contributed by atoms with Gasteiger partial charge in [-0.05, 0) is 35.4 Å². The van der Waals surface area contributed by atoms with Crippen LogP contribution in [0, 0.1) is 11.8 Å². The second kappa shape index (κ2) is 9.67. The highest BCUT2D eigenvalue weighted by atomic mass is 32.2. The van der Waals surface area contributed by atoms with E-state index in [0.29, 0.717) is 5.56 Å². The van der Waals surface area contributed by atoms with Crippen LogP contribution in [0.2, 0.25) is 0 Å². The minimum absolute atomic E-state index is 0.142. The van der Waals surface area contributed by atoms with Crippen molar-refractivity contribution in [1.82, 2.24) is 9.21 Å². The van der Waals surface area contributed by atoms with Gasteiger partial charge in [0.1, 0.15) is 0 Å². The number of sulfonamides is 1. The minimum atomic E-state index is -3.66. The van der Waals surface area contributed by atoms with Gasteiger partial charge in [-0.15, -0.1) is 0 Å². The highest BCUT2D eigenvalue weighted by Crippen LogP contribution is 2.43. The van der Waals surface area contributed by atoms with Crippen molar-refractivity contribution in [1.29, 1.82) is 0 Å². The lowest BCUT2D eigenvalue weighted by Crippen LogP contribution is -2.73. The van der Waals surface area contributed by atoms with Crippen LogP contribution in [-0.2, 0) is 20.6 Å². The number of benzene rings is 3. The number of aliphatic hydroxyl groups excluding tert-OH is 1. The number of fused-ring (bicyclic) bond motifs is 1. The molecule has 0 aromatic heterocycles. The Hall–Kier alpha value is -3.44. The molecule has 3 aromatic rings. The van der Waals surface area contributed by atoms with Crippen LogP contribution in [0.4, 0.5) is 0 Å². The van der Waals surface area contributed by atoms with Gasteiger partial charge in [-0.2, -0.15) is 4.31 Å². The van der Waals surface area contributed by atoms with E-state index in [0.717, 1.165) is 16.7 Å². The molecule has 0 bridgehead atoms. The molecule has 178 valence electrons. The van der Waals surface area contributed by atoms with E-state index >= 15 is 0 Å². The number of rotatable bonds is 5. The fourth-order valence-corrected chi connectivity index (χ4v) is 6.50. The molecule has 0 saturated carbocycles. The number of nitrogens with zero attached hydrogens (tertiary/aromatic N) is 2. The van der Waals surface area contributed by atoms with E-state index < -0.39 is 10.0 Å². The first-order valence-electron chi connectivity index (χ1n) is 11.6. The van der Waals surface area contributed by atoms with Gasteiger partial charge in [0.25, 0.3) is 0 Å². The summed E-state index contributed by atoms with van der Waals surface area (Å²) in [5.74, 6) is 5.73. The molecule has 7 heteroatoms. The van der Waals surface area contributed by atoms with Crippen LogP contribution in [-0.4, -0.2) is 60.4 Å². The maximum Gasteiger partial charge on any atom is 0.238 e. The summed E-state index contributed by atoms with van der Waals surface area (Å²) in [6.07, 6.45) is 0. The van der Waals surface area contributed by atoms with Gasteiger partial charge in [0, 0.05) is 23.6 Å². The molecular formula is C28H26N2O4S. The first kappa shape index (κ1) is 23.3. The lowest BCUT2D eigenvalue weighted by atomic mass is 9.74. The summed E-state index contributed by atoms with van der Waals surface area (Å²) >= 11 is 0. The molecule has 2 heterocycles. The van der Waals surface area contributed by atoms with E-state index in [4.69, 9.17) is 0 Å². The summed E-state index contributed by atoms with van der Waals surface area (Å²) in [4.78, 5) is 14.5. The van der Waals surface area contributed by atoms with Crippen molar-refractivity contribution in [2.24, 2.45) is 0 Å². The zero-order valence-corrected chi connectivity index (χ0v) is 19.9. The summed E-state index contributed by atoms with van der Waals surface area (Å²) < 4.78 is 27.5. The van der Waals surface area contributed by atoms with Crippen molar-refractivity contribution in [3.8, 4) is 11.8 Å². The number of carbonyl (C=O) groups excluding carboxylic acids is 1. The Morgan fingerprint density at radius 3 is 2.09 bits per heavy atom. The van der Waals surface area contributed by atoms with Gasteiger partial charge in [-0.3, -0.25) is 4.79 Å². The molecule has 2 saturated heterocycles. The largest absolute Gasteiger partial charge is 0.394 e. The molecule has 0 spiro atoms. The van der Waals surface area contributed by atoms with Crippen molar-refractivity contribution in [2.75, 3.05) is 19.7 Å². The minimum Gasteiger partial charge on any atom is -0.394 e. The third kappa shape index (κ3) is 4.73. The molecule has 0 radical (unpaired) electrons. The van der Waals surface area contributed by atoms with E-state index in [1.54, 1.807) is 29.2 Å². The summed E-state index contributed by atoms with van der Waals surface area (Å²) in [6.45, 7) is -0.139. The zero-order chi connectivity index (χ0) is 24.4. The van der Waals surface area contributed by atoms with Gasteiger partial charge in [0.05, 0.1) is 31.0 Å². The zero-order valence-electron chi connectivity index (χ0n) is 19.1. The second-order valence-corrected chi connectivity index (χ2v) is 10.9. The van der Waals surface area contributed by atoms with Crippen molar-refractivity contribution >= 4 is 15.9 Å². The fourth-order valence-electron chi connectivity index (χ4n) is 5.01. The van der Waals surface area contributed by atoms with Crippen LogP contribution in [0.15, 0.2) is 84.9 Å². The third-order valence-corrected chi connectivity index (χ3v) is 8.49. The second-order valence-electron chi connectivity index (χ2n) is 8.92. The van der Waals surface area contributed by atoms with E-state index in [1.807, 2.05) is 60.7 Å². The molecular weight excluding hydrogens is 460 g/mol. The maximum atomic E-state index is 13.1. The van der Waals surface area contributed by atoms with Gasteiger partial charge in [-0.25, -0.2) is 8.42 Å². The van der Waals surface area contributed by atoms with Crippen LogP contribution < -0.4 is 0 Å². The predicted molar refractivity (Wildman–Crippen MR) is 134 cm³/mol. The Morgan fingerprint density at radius 1 is 0.857 bits per heavy atom. The molecule has 2 fully saturated rings. The van der Waals surface area contributed by atoms with Crippen LogP contribution in [0.1, 0.15) is 28.2 Å². The summed E-state index contributed by atoms with van der Waals surface area (Å²) in [6, 6.07) is 25.8. The van der Waals surface area contributed by atoms with Gasteiger partial charge in [-0.1, -0.05) is 72.5 Å². The molecule has 3 atom stereocenters. The van der Waals surface area contributed by atoms with Crippen LogP contribution in [0.25, 0.3) is 0 Å². The molecule has 2 aliphatic heterocycles. The number of carbonyl (C=O) groups is 1. The van der Waals surface area contributed by atoms with Crippen LogP contribution in [0.3, 0.4) is 0 Å². The summed E-state index contributed by atoms with van der Waals surface area (Å²) in [5, 5.41) is 10.0. The molecule has 35 heavy (non-hydrogen) atoms. The highest BCUT2D eigenvalue weighted by molar-refractivity contribution is 7.88. The molecule has 5 rings (SSSR count). The molecule has 0 aliphatic carbocycles. The molecule has 3 aromatic carbocycles. The van der Waals surface area contributed by atoms with Gasteiger partial charge < -0.3 is 10.0 Å². The lowest BCUT2D eigenvalue weighted by Gasteiger charge is -2.58. The average Bonchev–Trinajstić information content (AvgIpc) is 2.85. The number of aliphatic hydroxyl groups is 1. The Kier molecular flexibility index (Phi) is 6.44. The SMILES string of the molecule is O=C1CN(S(=O)(=O)Cc2ccccc2)C[C@H]2[C@H](c3ccc(C#Cc4ccccc4)cc3)[C@H](CO)N12. The van der Waals surface area contributed by atoms with Crippen molar-refractivity contribution in [3.63, 3.8) is 0 Å². The monoisotopic (exact) mass is 486 g/mol. The van der Waals surface area contributed by atoms with E-state index in [-0.39, 0.29) is 49.4 Å². The third-order valence-electron chi connectivity index (χ3n) is 6.73. The number of hydrogen-bond donors (Lipinski definition) is 1. The molecule has 2 aliphatic rings. The molecule has 1 N–H and O–H groups in total. The molecule has 0 unspecified atom stereocenters. The van der Waals surface area contributed by atoms with Crippen LogP contribution >= 0.6 is 0 Å². The Morgan fingerprint density at radius 2 is 1.46 bits per heavy atom. The molecule has 6 nitrogen and oxygen atoms in total. The van der Waals surface area contributed by atoms with Crippen molar-refractivity contribution in [2.45, 2.75) is 23.8 Å².